The Balaban J connectivity index is 1.44. The Bertz CT molecular complexity index is 1150. The van der Waals surface area contributed by atoms with Gasteiger partial charge in [-0.05, 0) is 55.7 Å². The van der Waals surface area contributed by atoms with E-state index in [4.69, 9.17) is 9.26 Å². The molecular weight excluding hydrogens is 425 g/mol. The molecule has 0 N–H and O–H groups in total. The number of hydrogen-bond acceptors (Lipinski definition) is 7. The minimum Gasteiger partial charge on any atom is -0.454 e. The Morgan fingerprint density at radius 2 is 1.87 bits per heavy atom. The van der Waals surface area contributed by atoms with Crippen molar-refractivity contribution >= 4 is 16.0 Å². The lowest BCUT2D eigenvalue weighted by molar-refractivity contribution is -0.151. The molecule has 0 amide bonds. The Morgan fingerprint density at radius 1 is 1.13 bits per heavy atom. The molecule has 4 rings (SSSR count). The van der Waals surface area contributed by atoms with Crippen LogP contribution in [-0.4, -0.2) is 41.4 Å². The molecule has 2 heterocycles. The van der Waals surface area contributed by atoms with E-state index in [9.17, 15) is 17.6 Å². The number of carbonyl (C=O) groups excluding carboxylic acids is 1. The second kappa shape index (κ2) is 8.94. The number of sulfonamides is 1. The van der Waals surface area contributed by atoms with Gasteiger partial charge in [-0.2, -0.15) is 9.29 Å². The van der Waals surface area contributed by atoms with Crippen molar-refractivity contribution in [3.63, 3.8) is 0 Å². The second-order valence-corrected chi connectivity index (χ2v) is 8.96. The Kier molecular flexibility index (Phi) is 6.10. The van der Waals surface area contributed by atoms with Crippen LogP contribution >= 0.6 is 0 Å². The standard InChI is InChI=1S/C21H20FN3O5S/c22-16-11-9-15(10-12-16)20-23-19(30-24-20)14-29-21(26)18-8-4-5-13-25(18)31(27,28)17-6-2-1-3-7-17/h1-3,6-7,9-12,18H,4-5,8,13-14H2. The fraction of sp³-hybridized carbons (Fsp3) is 0.286. The summed E-state index contributed by atoms with van der Waals surface area (Å²) < 4.78 is 50.7. The highest BCUT2D eigenvalue weighted by Gasteiger charge is 2.38. The van der Waals surface area contributed by atoms with Gasteiger partial charge in [-0.3, -0.25) is 4.79 Å². The first-order chi connectivity index (χ1) is 14.9. The Morgan fingerprint density at radius 3 is 2.61 bits per heavy atom. The molecule has 8 nitrogen and oxygen atoms in total. The minimum atomic E-state index is -3.82. The van der Waals surface area contributed by atoms with Crippen LogP contribution in [0.2, 0.25) is 0 Å². The predicted octanol–water partition coefficient (Wildman–Crippen LogP) is 3.16. The van der Waals surface area contributed by atoms with Gasteiger partial charge >= 0.3 is 5.97 Å². The molecule has 1 aliphatic rings. The van der Waals surface area contributed by atoms with E-state index in [0.29, 0.717) is 18.4 Å². The summed E-state index contributed by atoms with van der Waals surface area (Å²) in [5.74, 6) is -0.762. The lowest BCUT2D eigenvalue weighted by Crippen LogP contribution is -2.48. The molecule has 0 spiro atoms. The molecule has 10 heteroatoms. The summed E-state index contributed by atoms with van der Waals surface area (Å²) in [7, 11) is -3.82. The second-order valence-electron chi connectivity index (χ2n) is 7.07. The molecule has 162 valence electrons. The molecule has 1 atom stereocenters. The number of piperidine rings is 1. The average molecular weight is 445 g/mol. The number of rotatable bonds is 6. The maximum Gasteiger partial charge on any atom is 0.324 e. The molecule has 0 saturated carbocycles. The highest BCUT2D eigenvalue weighted by molar-refractivity contribution is 7.89. The van der Waals surface area contributed by atoms with Crippen molar-refractivity contribution in [2.45, 2.75) is 36.8 Å². The van der Waals surface area contributed by atoms with Gasteiger partial charge in [0.25, 0.3) is 5.89 Å². The van der Waals surface area contributed by atoms with E-state index in [2.05, 4.69) is 10.1 Å². The van der Waals surface area contributed by atoms with Crippen molar-refractivity contribution in [2.24, 2.45) is 0 Å². The number of benzene rings is 2. The lowest BCUT2D eigenvalue weighted by Gasteiger charge is -2.32. The quantitative estimate of drug-likeness (QED) is 0.537. The van der Waals surface area contributed by atoms with E-state index < -0.39 is 22.0 Å². The van der Waals surface area contributed by atoms with Gasteiger partial charge < -0.3 is 9.26 Å². The first-order valence-electron chi connectivity index (χ1n) is 9.77. The van der Waals surface area contributed by atoms with Gasteiger partial charge in [0.1, 0.15) is 11.9 Å². The summed E-state index contributed by atoms with van der Waals surface area (Å²) in [6, 6.07) is 12.6. The molecule has 1 saturated heterocycles. The summed E-state index contributed by atoms with van der Waals surface area (Å²) >= 11 is 0. The maximum absolute atomic E-state index is 13.0. The molecule has 31 heavy (non-hydrogen) atoms. The van der Waals surface area contributed by atoms with Gasteiger partial charge in [0, 0.05) is 12.1 Å². The molecule has 0 radical (unpaired) electrons. The third kappa shape index (κ3) is 4.64. The van der Waals surface area contributed by atoms with E-state index in [1.165, 1.54) is 40.7 Å². The average Bonchev–Trinajstić information content (AvgIpc) is 3.27. The zero-order chi connectivity index (χ0) is 21.8. The molecular formula is C21H20FN3O5S. The lowest BCUT2D eigenvalue weighted by atomic mass is 10.1. The van der Waals surface area contributed by atoms with Crippen LogP contribution in [0.15, 0.2) is 64.0 Å². The fourth-order valence-corrected chi connectivity index (χ4v) is 5.08. The van der Waals surface area contributed by atoms with Crippen LogP contribution in [0.25, 0.3) is 11.4 Å². The number of esters is 1. The molecule has 2 aromatic carbocycles. The van der Waals surface area contributed by atoms with Crippen LogP contribution in [0, 0.1) is 5.82 Å². The monoisotopic (exact) mass is 445 g/mol. The molecule has 1 aromatic heterocycles. The van der Waals surface area contributed by atoms with Crippen LogP contribution in [0.1, 0.15) is 25.2 Å². The zero-order valence-electron chi connectivity index (χ0n) is 16.5. The van der Waals surface area contributed by atoms with Gasteiger partial charge in [0.15, 0.2) is 6.61 Å². The molecule has 0 aliphatic carbocycles. The number of halogens is 1. The summed E-state index contributed by atoms with van der Waals surface area (Å²) in [4.78, 5) is 17.0. The van der Waals surface area contributed by atoms with E-state index in [1.54, 1.807) is 18.2 Å². The number of ether oxygens (including phenoxy) is 1. The van der Waals surface area contributed by atoms with Crippen LogP contribution < -0.4 is 0 Å². The molecule has 0 bridgehead atoms. The smallest absolute Gasteiger partial charge is 0.324 e. The summed E-state index contributed by atoms with van der Waals surface area (Å²) in [5, 5.41) is 3.79. The van der Waals surface area contributed by atoms with Gasteiger partial charge in [0.05, 0.1) is 4.90 Å². The molecule has 1 aliphatic heterocycles. The van der Waals surface area contributed by atoms with Crippen molar-refractivity contribution < 1.29 is 26.9 Å². The molecule has 3 aromatic rings. The van der Waals surface area contributed by atoms with Gasteiger partial charge in [-0.15, -0.1) is 0 Å². The highest BCUT2D eigenvalue weighted by Crippen LogP contribution is 2.26. The highest BCUT2D eigenvalue weighted by atomic mass is 32.2. The number of aromatic nitrogens is 2. The van der Waals surface area contributed by atoms with E-state index >= 15 is 0 Å². The third-order valence-electron chi connectivity index (χ3n) is 4.98. The molecule has 1 unspecified atom stereocenters. The van der Waals surface area contributed by atoms with Gasteiger partial charge in [0.2, 0.25) is 15.8 Å². The van der Waals surface area contributed by atoms with Crippen LogP contribution in [0.5, 0.6) is 0 Å². The Labute approximate surface area is 178 Å². The van der Waals surface area contributed by atoms with E-state index in [-0.39, 0.29) is 35.6 Å². The van der Waals surface area contributed by atoms with Crippen LogP contribution in [0.4, 0.5) is 4.39 Å². The fourth-order valence-electron chi connectivity index (χ4n) is 3.41. The number of carbonyl (C=O) groups is 1. The summed E-state index contributed by atoms with van der Waals surface area (Å²) in [6.45, 7) is -0.0466. The van der Waals surface area contributed by atoms with Crippen LogP contribution in [0.3, 0.4) is 0 Å². The van der Waals surface area contributed by atoms with E-state index in [0.717, 1.165) is 6.42 Å². The van der Waals surface area contributed by atoms with E-state index in [1.807, 2.05) is 0 Å². The summed E-state index contributed by atoms with van der Waals surface area (Å²) in [5.41, 5.74) is 0.551. The SMILES string of the molecule is O=C(OCc1nc(-c2ccc(F)cc2)no1)C1CCCCN1S(=O)(=O)c1ccccc1. The largest absolute Gasteiger partial charge is 0.454 e. The van der Waals surface area contributed by atoms with Crippen LogP contribution in [-0.2, 0) is 26.2 Å². The number of nitrogens with zero attached hydrogens (tertiary/aromatic N) is 3. The van der Waals surface area contributed by atoms with Crippen molar-refractivity contribution in [1.29, 1.82) is 0 Å². The topological polar surface area (TPSA) is 103 Å². The molecule has 1 fully saturated rings. The van der Waals surface area contributed by atoms with Crippen molar-refractivity contribution in [3.05, 3.63) is 66.3 Å². The van der Waals surface area contributed by atoms with Crippen molar-refractivity contribution in [1.82, 2.24) is 14.4 Å². The minimum absolute atomic E-state index is 0.0564. The van der Waals surface area contributed by atoms with Crippen molar-refractivity contribution in [2.75, 3.05) is 6.54 Å². The first kappa shape index (κ1) is 21.1. The van der Waals surface area contributed by atoms with Gasteiger partial charge in [-0.25, -0.2) is 12.8 Å². The Hall–Kier alpha value is -3.11. The van der Waals surface area contributed by atoms with Gasteiger partial charge in [-0.1, -0.05) is 23.4 Å². The first-order valence-corrected chi connectivity index (χ1v) is 11.2. The number of hydrogen-bond donors (Lipinski definition) is 0. The third-order valence-corrected chi connectivity index (χ3v) is 6.91. The predicted molar refractivity (Wildman–Crippen MR) is 107 cm³/mol. The maximum atomic E-state index is 13.0. The summed E-state index contributed by atoms with van der Waals surface area (Å²) in [6.07, 6.45) is 1.76. The normalized spacial score (nSPS) is 17.4. The zero-order valence-corrected chi connectivity index (χ0v) is 17.3. The van der Waals surface area contributed by atoms with Crippen molar-refractivity contribution in [3.8, 4) is 11.4 Å².